The van der Waals surface area contributed by atoms with E-state index >= 15 is 0 Å². The van der Waals surface area contributed by atoms with E-state index in [9.17, 15) is 24.5 Å². The van der Waals surface area contributed by atoms with Gasteiger partial charge in [0.25, 0.3) is 5.69 Å². The molecule has 0 radical (unpaired) electrons. The molecule has 0 aliphatic rings. The zero-order valence-electron chi connectivity index (χ0n) is 6.65. The summed E-state index contributed by atoms with van der Waals surface area (Å²) in [5.74, 6) is -0.246. The van der Waals surface area contributed by atoms with Crippen molar-refractivity contribution >= 4 is 13.5 Å². The van der Waals surface area contributed by atoms with E-state index in [1.54, 1.807) is 0 Å². The van der Waals surface area contributed by atoms with Gasteiger partial charge in [-0.1, -0.05) is 0 Å². The third-order valence-corrected chi connectivity index (χ3v) is 1.70. The number of benzene rings is 1. The Morgan fingerprint density at radius 3 is 2.07 bits per heavy atom. The molecule has 0 N–H and O–H groups in total. The maximum absolute atomic E-state index is 10.2. The molecule has 14 heavy (non-hydrogen) atoms. The predicted molar refractivity (Wildman–Crippen MR) is 41.3 cm³/mol. The fourth-order valence-electron chi connectivity index (χ4n) is 0.758. The normalized spacial score (nSPS) is 11.0. The fourth-order valence-corrected chi connectivity index (χ4v) is 1.14. The van der Waals surface area contributed by atoms with E-state index < -0.39 is 12.7 Å². The second-order valence-electron chi connectivity index (χ2n) is 2.29. The molecular weight excluding hydrogens is 213 g/mol. The van der Waals surface area contributed by atoms with Gasteiger partial charge >= 0.3 is 0 Å². The molecule has 0 fully saturated rings. The summed E-state index contributed by atoms with van der Waals surface area (Å²) in [6, 6.07) is 4.12. The van der Waals surface area contributed by atoms with Crippen LogP contribution < -0.4 is 14.3 Å². The molecule has 0 atom stereocenters. The summed E-state index contributed by atoms with van der Waals surface area (Å²) >= 11 is 0. The van der Waals surface area contributed by atoms with Gasteiger partial charge < -0.3 is 18.9 Å². The number of hydrogen-bond donors (Lipinski definition) is 0. The number of nitrogens with zero attached hydrogens (tertiary/aromatic N) is 1. The molecular formula is C6H4NO6P-2. The number of nitro groups is 1. The van der Waals surface area contributed by atoms with Crippen LogP contribution in [0, 0.1) is 10.1 Å². The van der Waals surface area contributed by atoms with Crippen LogP contribution in [0.5, 0.6) is 5.75 Å². The standard InChI is InChI=1S/C6H6NO6P/c8-7(9)5-1-3-6(4-2-5)13-14(10,11)12/h1-4H,(H2,10,11,12)/p-2. The predicted octanol–water partition coefficient (Wildman–Crippen LogP) is -0.198. The van der Waals surface area contributed by atoms with E-state index in [-0.39, 0.29) is 11.4 Å². The Kier molecular flexibility index (Phi) is 2.85. The second-order valence-corrected chi connectivity index (χ2v) is 3.37. The molecule has 0 aliphatic carbocycles. The van der Waals surface area contributed by atoms with E-state index in [1.807, 2.05) is 0 Å². The van der Waals surface area contributed by atoms with Crippen LogP contribution in [0.1, 0.15) is 0 Å². The van der Waals surface area contributed by atoms with Gasteiger partial charge in [0.05, 0.1) is 4.92 Å². The van der Waals surface area contributed by atoms with Gasteiger partial charge in [-0.25, -0.2) is 0 Å². The van der Waals surface area contributed by atoms with Crippen molar-refractivity contribution in [1.82, 2.24) is 0 Å². The lowest BCUT2D eigenvalue weighted by molar-refractivity contribution is -0.384. The van der Waals surface area contributed by atoms with E-state index in [1.165, 1.54) is 0 Å². The van der Waals surface area contributed by atoms with Crippen molar-refractivity contribution in [2.75, 3.05) is 0 Å². The Hall–Kier alpha value is -1.43. The molecule has 0 saturated carbocycles. The number of rotatable bonds is 3. The first-order valence-electron chi connectivity index (χ1n) is 3.34. The molecule has 0 amide bonds. The van der Waals surface area contributed by atoms with Gasteiger partial charge in [-0.3, -0.25) is 10.1 Å². The number of phosphoric ester groups is 1. The molecule has 0 heterocycles. The van der Waals surface area contributed by atoms with Crippen molar-refractivity contribution in [3.05, 3.63) is 34.4 Å². The molecule has 1 aromatic rings. The molecule has 0 aromatic heterocycles. The minimum absolute atomic E-state index is 0.219. The van der Waals surface area contributed by atoms with Gasteiger partial charge in [-0.2, -0.15) is 0 Å². The van der Waals surface area contributed by atoms with Gasteiger partial charge in [0.2, 0.25) is 0 Å². The molecule has 0 saturated heterocycles. The molecule has 1 rings (SSSR count). The number of hydrogen-bond acceptors (Lipinski definition) is 6. The fraction of sp³-hybridized carbons (Fsp3) is 0. The van der Waals surface area contributed by atoms with Crippen LogP contribution in [-0.4, -0.2) is 4.92 Å². The van der Waals surface area contributed by atoms with Crippen molar-refractivity contribution in [3.8, 4) is 5.75 Å². The highest BCUT2D eigenvalue weighted by atomic mass is 31.2. The Balaban J connectivity index is 2.84. The van der Waals surface area contributed by atoms with E-state index in [0.29, 0.717) is 0 Å². The van der Waals surface area contributed by atoms with Gasteiger partial charge in [0.15, 0.2) is 0 Å². The van der Waals surface area contributed by atoms with Crippen LogP contribution in [0.3, 0.4) is 0 Å². The highest BCUT2D eigenvalue weighted by molar-refractivity contribution is 7.43. The quantitative estimate of drug-likeness (QED) is 0.393. The van der Waals surface area contributed by atoms with E-state index in [0.717, 1.165) is 24.3 Å². The second kappa shape index (κ2) is 3.75. The smallest absolute Gasteiger partial charge is 0.269 e. The molecule has 0 bridgehead atoms. The van der Waals surface area contributed by atoms with Crippen LogP contribution in [0.25, 0.3) is 0 Å². The lowest BCUT2D eigenvalue weighted by Crippen LogP contribution is -2.18. The first kappa shape index (κ1) is 10.6. The lowest BCUT2D eigenvalue weighted by Gasteiger charge is -2.28. The molecule has 7 nitrogen and oxygen atoms in total. The van der Waals surface area contributed by atoms with Gasteiger partial charge in [0.1, 0.15) is 13.6 Å². The number of non-ortho nitro benzene ring substituents is 1. The zero-order valence-corrected chi connectivity index (χ0v) is 7.55. The molecule has 0 aliphatic heterocycles. The van der Waals surface area contributed by atoms with Gasteiger partial charge in [-0.05, 0) is 12.1 Å². The monoisotopic (exact) mass is 217 g/mol. The topological polar surface area (TPSA) is 116 Å². The molecule has 0 spiro atoms. The molecule has 8 heteroatoms. The Bertz CT molecular complexity index is 382. The Morgan fingerprint density at radius 1 is 1.21 bits per heavy atom. The van der Waals surface area contributed by atoms with Crippen molar-refractivity contribution < 1.29 is 23.8 Å². The minimum Gasteiger partial charge on any atom is -0.780 e. The van der Waals surface area contributed by atoms with Gasteiger partial charge in [-0.15, -0.1) is 0 Å². The number of phosphoric acid groups is 1. The molecule has 1 aromatic carbocycles. The Labute approximate surface area is 78.3 Å². The van der Waals surface area contributed by atoms with Crippen LogP contribution in [0.2, 0.25) is 0 Å². The highest BCUT2D eigenvalue weighted by Crippen LogP contribution is 2.29. The summed E-state index contributed by atoms with van der Waals surface area (Å²) in [4.78, 5) is 29.8. The van der Waals surface area contributed by atoms with Crippen LogP contribution in [0.15, 0.2) is 24.3 Å². The van der Waals surface area contributed by atoms with Crippen LogP contribution >= 0.6 is 7.82 Å². The third-order valence-electron chi connectivity index (χ3n) is 1.26. The first-order chi connectivity index (χ1) is 6.38. The van der Waals surface area contributed by atoms with Crippen molar-refractivity contribution in [2.45, 2.75) is 0 Å². The van der Waals surface area contributed by atoms with Crippen molar-refractivity contribution in [2.24, 2.45) is 0 Å². The zero-order chi connectivity index (χ0) is 10.8. The SMILES string of the molecule is O=[N+]([O-])c1ccc(OP(=O)([O-])[O-])cc1. The average molecular weight is 217 g/mol. The summed E-state index contributed by atoms with van der Waals surface area (Å²) in [6.07, 6.45) is 0. The molecule has 0 unspecified atom stereocenters. The lowest BCUT2D eigenvalue weighted by atomic mass is 10.3. The Morgan fingerprint density at radius 2 is 1.71 bits per heavy atom. The van der Waals surface area contributed by atoms with E-state index in [4.69, 9.17) is 0 Å². The van der Waals surface area contributed by atoms with E-state index in [2.05, 4.69) is 4.52 Å². The van der Waals surface area contributed by atoms with Crippen molar-refractivity contribution in [1.29, 1.82) is 0 Å². The van der Waals surface area contributed by atoms with Crippen molar-refractivity contribution in [3.63, 3.8) is 0 Å². The third kappa shape index (κ3) is 3.14. The van der Waals surface area contributed by atoms with Crippen LogP contribution in [0.4, 0.5) is 5.69 Å². The maximum atomic E-state index is 10.2. The minimum atomic E-state index is -5.10. The van der Waals surface area contributed by atoms with Crippen LogP contribution in [-0.2, 0) is 4.57 Å². The number of nitro benzene ring substituents is 1. The first-order valence-corrected chi connectivity index (χ1v) is 4.81. The summed E-state index contributed by atoms with van der Waals surface area (Å²) in [6.45, 7) is 0. The molecule has 76 valence electrons. The largest absolute Gasteiger partial charge is 0.780 e. The van der Waals surface area contributed by atoms with Gasteiger partial charge in [0, 0.05) is 12.1 Å². The highest BCUT2D eigenvalue weighted by Gasteiger charge is 2.04. The summed E-state index contributed by atoms with van der Waals surface area (Å²) in [5.41, 5.74) is -0.219. The summed E-state index contributed by atoms with van der Waals surface area (Å²) < 4.78 is 14.1. The summed E-state index contributed by atoms with van der Waals surface area (Å²) in [7, 11) is -5.10. The summed E-state index contributed by atoms with van der Waals surface area (Å²) in [5, 5.41) is 10.2. The average Bonchev–Trinajstić information content (AvgIpc) is 2.02. The maximum Gasteiger partial charge on any atom is 0.269 e.